The van der Waals surface area contributed by atoms with Gasteiger partial charge in [0.05, 0.1) is 0 Å². The van der Waals surface area contributed by atoms with E-state index in [9.17, 15) is 9.59 Å². The maximum atomic E-state index is 13.0. The van der Waals surface area contributed by atoms with Crippen molar-refractivity contribution >= 4 is 35.0 Å². The molecular formula is C23H26Cl2N2O3. The second-order valence-electron chi connectivity index (χ2n) is 7.56. The molecule has 30 heavy (non-hydrogen) atoms. The lowest BCUT2D eigenvalue weighted by Crippen LogP contribution is -2.50. The van der Waals surface area contributed by atoms with Gasteiger partial charge in [-0.05, 0) is 61.7 Å². The Morgan fingerprint density at radius 1 is 1.03 bits per heavy atom. The number of rotatable bonds is 8. The molecule has 0 unspecified atom stereocenters. The van der Waals surface area contributed by atoms with Crippen molar-refractivity contribution in [2.45, 2.75) is 51.2 Å². The average molecular weight is 449 g/mol. The quantitative estimate of drug-likeness (QED) is 0.627. The van der Waals surface area contributed by atoms with E-state index >= 15 is 0 Å². The molecule has 7 heteroatoms. The number of hydrogen-bond donors (Lipinski definition) is 1. The number of halogens is 2. The maximum Gasteiger partial charge on any atom is 0.261 e. The SMILES string of the molecule is C[C@@H](C(=O)NC1CCCC1)N(Cc1ccc(Cl)cc1)C(=O)COc1ccc(Cl)cc1. The van der Waals surface area contributed by atoms with Gasteiger partial charge in [0, 0.05) is 22.6 Å². The highest BCUT2D eigenvalue weighted by molar-refractivity contribution is 6.30. The van der Waals surface area contributed by atoms with Crippen LogP contribution in [0.3, 0.4) is 0 Å². The topological polar surface area (TPSA) is 58.6 Å². The zero-order valence-corrected chi connectivity index (χ0v) is 18.5. The van der Waals surface area contributed by atoms with E-state index in [0.717, 1.165) is 31.2 Å². The Labute approximate surface area is 187 Å². The third-order valence-electron chi connectivity index (χ3n) is 5.31. The highest BCUT2D eigenvalue weighted by Gasteiger charge is 2.28. The number of hydrogen-bond acceptors (Lipinski definition) is 3. The molecule has 2 amide bonds. The number of benzene rings is 2. The van der Waals surface area contributed by atoms with Gasteiger partial charge in [0.1, 0.15) is 11.8 Å². The van der Waals surface area contributed by atoms with Gasteiger partial charge in [-0.3, -0.25) is 9.59 Å². The fourth-order valence-electron chi connectivity index (χ4n) is 3.52. The predicted octanol–water partition coefficient (Wildman–Crippen LogP) is 4.85. The Kier molecular flexibility index (Phi) is 8.00. The monoisotopic (exact) mass is 448 g/mol. The Morgan fingerprint density at radius 2 is 1.60 bits per heavy atom. The van der Waals surface area contributed by atoms with Gasteiger partial charge in [-0.1, -0.05) is 48.2 Å². The van der Waals surface area contributed by atoms with Crippen LogP contribution < -0.4 is 10.1 Å². The number of amides is 2. The number of nitrogens with one attached hydrogen (secondary N) is 1. The van der Waals surface area contributed by atoms with Crippen LogP contribution in [0.1, 0.15) is 38.2 Å². The molecule has 3 rings (SSSR count). The Balaban J connectivity index is 1.69. The van der Waals surface area contributed by atoms with Crippen molar-refractivity contribution in [2.24, 2.45) is 0 Å². The zero-order chi connectivity index (χ0) is 21.5. The first-order valence-corrected chi connectivity index (χ1v) is 10.9. The van der Waals surface area contributed by atoms with Gasteiger partial charge >= 0.3 is 0 Å². The van der Waals surface area contributed by atoms with Gasteiger partial charge in [0.25, 0.3) is 5.91 Å². The van der Waals surface area contributed by atoms with Gasteiger partial charge in [-0.2, -0.15) is 0 Å². The van der Waals surface area contributed by atoms with E-state index in [4.69, 9.17) is 27.9 Å². The van der Waals surface area contributed by atoms with Crippen molar-refractivity contribution in [3.8, 4) is 5.75 Å². The van der Waals surface area contributed by atoms with Crippen LogP contribution in [-0.2, 0) is 16.1 Å². The van der Waals surface area contributed by atoms with Crippen molar-refractivity contribution in [1.29, 1.82) is 0 Å². The summed E-state index contributed by atoms with van der Waals surface area (Å²) in [4.78, 5) is 27.4. The molecule has 2 aromatic rings. The lowest BCUT2D eigenvalue weighted by molar-refractivity contribution is -0.142. The summed E-state index contributed by atoms with van der Waals surface area (Å²) in [6.45, 7) is 1.87. The summed E-state index contributed by atoms with van der Waals surface area (Å²) in [5.74, 6) is 0.131. The van der Waals surface area contributed by atoms with E-state index in [1.54, 1.807) is 48.2 Å². The van der Waals surface area contributed by atoms with E-state index < -0.39 is 6.04 Å². The van der Waals surface area contributed by atoms with E-state index in [1.807, 2.05) is 12.1 Å². The molecule has 0 saturated heterocycles. The molecule has 1 fully saturated rings. The van der Waals surface area contributed by atoms with Crippen molar-refractivity contribution in [3.63, 3.8) is 0 Å². The number of nitrogens with zero attached hydrogens (tertiary/aromatic N) is 1. The predicted molar refractivity (Wildman–Crippen MR) is 119 cm³/mol. The fourth-order valence-corrected chi connectivity index (χ4v) is 3.77. The molecular weight excluding hydrogens is 423 g/mol. The van der Waals surface area contributed by atoms with E-state index in [-0.39, 0.29) is 24.5 Å². The molecule has 0 spiro atoms. The van der Waals surface area contributed by atoms with Crippen LogP contribution in [0.2, 0.25) is 10.0 Å². The first kappa shape index (κ1) is 22.4. The normalized spacial score (nSPS) is 14.9. The van der Waals surface area contributed by atoms with Crippen LogP contribution in [0.4, 0.5) is 0 Å². The minimum Gasteiger partial charge on any atom is -0.484 e. The van der Waals surface area contributed by atoms with Gasteiger partial charge in [-0.25, -0.2) is 0 Å². The van der Waals surface area contributed by atoms with Gasteiger partial charge in [0.15, 0.2) is 6.61 Å². The highest BCUT2D eigenvalue weighted by Crippen LogP contribution is 2.19. The first-order chi connectivity index (χ1) is 14.4. The molecule has 1 atom stereocenters. The third-order valence-corrected chi connectivity index (χ3v) is 5.81. The summed E-state index contributed by atoms with van der Waals surface area (Å²) >= 11 is 11.9. The summed E-state index contributed by atoms with van der Waals surface area (Å²) in [6, 6.07) is 13.6. The second-order valence-corrected chi connectivity index (χ2v) is 8.43. The second kappa shape index (κ2) is 10.7. The summed E-state index contributed by atoms with van der Waals surface area (Å²) in [6.07, 6.45) is 4.23. The molecule has 1 aliphatic rings. The van der Waals surface area contributed by atoms with Crippen LogP contribution in [0.15, 0.2) is 48.5 Å². The molecule has 160 valence electrons. The van der Waals surface area contributed by atoms with Crippen LogP contribution >= 0.6 is 23.2 Å². The Hall–Kier alpha value is -2.24. The minimum atomic E-state index is -0.623. The van der Waals surface area contributed by atoms with Crippen LogP contribution in [0.25, 0.3) is 0 Å². The highest BCUT2D eigenvalue weighted by atomic mass is 35.5. The van der Waals surface area contributed by atoms with Crippen molar-refractivity contribution < 1.29 is 14.3 Å². The standard InChI is InChI=1S/C23H26Cl2N2O3/c1-16(23(29)26-20-4-2-3-5-20)27(14-17-6-8-18(24)9-7-17)22(28)15-30-21-12-10-19(25)11-13-21/h6-13,16,20H,2-5,14-15H2,1H3,(H,26,29)/t16-/m0/s1. The molecule has 0 heterocycles. The molecule has 5 nitrogen and oxygen atoms in total. The minimum absolute atomic E-state index is 0.143. The van der Waals surface area contributed by atoms with E-state index in [2.05, 4.69) is 5.32 Å². The maximum absolute atomic E-state index is 13.0. The van der Waals surface area contributed by atoms with Gasteiger partial charge in [-0.15, -0.1) is 0 Å². The number of carbonyl (C=O) groups is 2. The fraction of sp³-hybridized carbons (Fsp3) is 0.391. The largest absolute Gasteiger partial charge is 0.484 e. The Morgan fingerprint density at radius 3 is 2.20 bits per heavy atom. The summed E-state index contributed by atoms with van der Waals surface area (Å²) in [5, 5.41) is 4.29. The molecule has 1 N–H and O–H groups in total. The van der Waals surface area contributed by atoms with Crippen LogP contribution in [0, 0.1) is 0 Å². The molecule has 1 aliphatic carbocycles. The lowest BCUT2D eigenvalue weighted by atomic mass is 10.1. The summed E-state index contributed by atoms with van der Waals surface area (Å²) in [5.41, 5.74) is 0.889. The van der Waals surface area contributed by atoms with E-state index in [0.29, 0.717) is 22.3 Å². The van der Waals surface area contributed by atoms with Crippen LogP contribution in [0.5, 0.6) is 5.75 Å². The van der Waals surface area contributed by atoms with Crippen LogP contribution in [-0.4, -0.2) is 35.4 Å². The van der Waals surface area contributed by atoms with Gasteiger partial charge in [0.2, 0.25) is 5.91 Å². The summed E-state index contributed by atoms with van der Waals surface area (Å²) < 4.78 is 5.62. The molecule has 1 saturated carbocycles. The molecule has 2 aromatic carbocycles. The number of carbonyl (C=O) groups excluding carboxylic acids is 2. The molecule has 0 aromatic heterocycles. The zero-order valence-electron chi connectivity index (χ0n) is 16.9. The first-order valence-electron chi connectivity index (χ1n) is 10.1. The molecule has 0 radical (unpaired) electrons. The average Bonchev–Trinajstić information content (AvgIpc) is 3.25. The van der Waals surface area contributed by atoms with Crippen molar-refractivity contribution in [1.82, 2.24) is 10.2 Å². The van der Waals surface area contributed by atoms with Crippen molar-refractivity contribution in [3.05, 3.63) is 64.1 Å². The third kappa shape index (κ3) is 6.38. The number of ether oxygens (including phenoxy) is 1. The Bertz CT molecular complexity index is 850. The molecule has 0 aliphatic heterocycles. The van der Waals surface area contributed by atoms with E-state index in [1.165, 1.54) is 0 Å². The lowest BCUT2D eigenvalue weighted by Gasteiger charge is -2.29. The molecule has 0 bridgehead atoms. The summed E-state index contributed by atoms with van der Waals surface area (Å²) in [7, 11) is 0. The van der Waals surface area contributed by atoms with Crippen molar-refractivity contribution in [2.75, 3.05) is 6.61 Å². The van der Waals surface area contributed by atoms with Gasteiger partial charge < -0.3 is 15.0 Å². The smallest absolute Gasteiger partial charge is 0.261 e.